The van der Waals surface area contributed by atoms with Gasteiger partial charge in [0.2, 0.25) is 0 Å². The predicted octanol–water partition coefficient (Wildman–Crippen LogP) is 3.56. The minimum Gasteiger partial charge on any atom is -0.409 e. The van der Waals surface area contributed by atoms with Crippen LogP contribution in [0.25, 0.3) is 0 Å². The van der Waals surface area contributed by atoms with Gasteiger partial charge < -0.3 is 10.9 Å². The molecule has 0 unspecified atom stereocenters. The van der Waals surface area contributed by atoms with Crippen molar-refractivity contribution in [3.05, 3.63) is 64.7 Å². The first kappa shape index (κ1) is 14.0. The van der Waals surface area contributed by atoms with E-state index in [0.717, 1.165) is 11.3 Å². The highest BCUT2D eigenvalue weighted by Gasteiger charge is 2.11. The Morgan fingerprint density at radius 3 is 2.86 bits per heavy atom. The van der Waals surface area contributed by atoms with Crippen LogP contribution in [0, 0.1) is 0 Å². The van der Waals surface area contributed by atoms with Gasteiger partial charge in [-0.3, -0.25) is 0 Å². The second-order valence-electron chi connectivity index (χ2n) is 5.26. The molecule has 3 rings (SSSR count). The molecule has 0 atom stereocenters. The molecule has 0 heterocycles. The maximum Gasteiger partial charge on any atom is 0.170 e. The molecule has 0 amide bonds. The molecule has 3 N–H and O–H groups in total. The molecule has 0 aliphatic heterocycles. The largest absolute Gasteiger partial charge is 0.409 e. The highest BCUT2D eigenvalue weighted by molar-refractivity contribution is 7.98. The SMILES string of the molecule is N/C(=N\O)c1cccc(CSc2ccc3c(c2)CCC3)c1. The van der Waals surface area contributed by atoms with Crippen molar-refractivity contribution in [3.63, 3.8) is 0 Å². The maximum atomic E-state index is 8.73. The number of aryl methyl sites for hydroxylation is 2. The van der Waals surface area contributed by atoms with Crippen LogP contribution in [0.15, 0.2) is 52.5 Å². The van der Waals surface area contributed by atoms with E-state index in [1.54, 1.807) is 0 Å². The fourth-order valence-electron chi connectivity index (χ4n) is 2.68. The Hall–Kier alpha value is -1.94. The first-order chi connectivity index (χ1) is 10.3. The zero-order chi connectivity index (χ0) is 14.7. The van der Waals surface area contributed by atoms with Crippen molar-refractivity contribution in [2.45, 2.75) is 29.9 Å². The summed E-state index contributed by atoms with van der Waals surface area (Å²) in [5, 5.41) is 11.8. The first-order valence-electron chi connectivity index (χ1n) is 7.08. The molecule has 1 aliphatic rings. The molecule has 1 aliphatic carbocycles. The van der Waals surface area contributed by atoms with E-state index < -0.39 is 0 Å². The number of hydrogen-bond acceptors (Lipinski definition) is 3. The van der Waals surface area contributed by atoms with E-state index in [1.807, 2.05) is 30.0 Å². The van der Waals surface area contributed by atoms with E-state index in [4.69, 9.17) is 10.9 Å². The number of nitrogens with zero attached hydrogens (tertiary/aromatic N) is 1. The number of nitrogens with two attached hydrogens (primary N) is 1. The molecule has 0 saturated carbocycles. The van der Waals surface area contributed by atoms with Gasteiger partial charge in [0.1, 0.15) is 0 Å². The van der Waals surface area contributed by atoms with Gasteiger partial charge in [-0.25, -0.2) is 0 Å². The highest BCUT2D eigenvalue weighted by atomic mass is 32.2. The van der Waals surface area contributed by atoms with Crippen molar-refractivity contribution >= 4 is 17.6 Å². The summed E-state index contributed by atoms with van der Waals surface area (Å²) in [4.78, 5) is 1.31. The number of rotatable bonds is 4. The summed E-state index contributed by atoms with van der Waals surface area (Å²) < 4.78 is 0. The van der Waals surface area contributed by atoms with Gasteiger partial charge in [0.05, 0.1) is 0 Å². The monoisotopic (exact) mass is 298 g/mol. The van der Waals surface area contributed by atoms with Crippen LogP contribution in [0.5, 0.6) is 0 Å². The Morgan fingerprint density at radius 2 is 2.00 bits per heavy atom. The second kappa shape index (κ2) is 6.22. The zero-order valence-electron chi connectivity index (χ0n) is 11.7. The summed E-state index contributed by atoms with van der Waals surface area (Å²) in [6, 6.07) is 14.6. The third-order valence-electron chi connectivity index (χ3n) is 3.81. The lowest BCUT2D eigenvalue weighted by Crippen LogP contribution is -2.13. The van der Waals surface area contributed by atoms with Crippen molar-refractivity contribution < 1.29 is 5.21 Å². The molecule has 108 valence electrons. The van der Waals surface area contributed by atoms with E-state index in [2.05, 4.69) is 29.4 Å². The van der Waals surface area contributed by atoms with Gasteiger partial charge in [-0.1, -0.05) is 29.4 Å². The van der Waals surface area contributed by atoms with Crippen LogP contribution >= 0.6 is 11.8 Å². The number of hydrogen-bond donors (Lipinski definition) is 2. The number of fused-ring (bicyclic) bond motifs is 1. The molecular weight excluding hydrogens is 280 g/mol. The second-order valence-corrected chi connectivity index (χ2v) is 6.31. The van der Waals surface area contributed by atoms with Crippen LogP contribution in [0.4, 0.5) is 0 Å². The minimum absolute atomic E-state index is 0.152. The van der Waals surface area contributed by atoms with E-state index >= 15 is 0 Å². The number of benzene rings is 2. The van der Waals surface area contributed by atoms with E-state index in [1.165, 1.54) is 40.8 Å². The summed E-state index contributed by atoms with van der Waals surface area (Å²) in [6.07, 6.45) is 3.72. The molecule has 3 nitrogen and oxygen atoms in total. The highest BCUT2D eigenvalue weighted by Crippen LogP contribution is 2.29. The van der Waals surface area contributed by atoms with Gasteiger partial charge >= 0.3 is 0 Å². The smallest absolute Gasteiger partial charge is 0.170 e. The topological polar surface area (TPSA) is 58.6 Å². The standard InChI is InChI=1S/C17H18N2OS/c18-17(19-20)15-6-1-3-12(9-15)11-21-16-8-7-13-4-2-5-14(13)10-16/h1,3,6-10,20H,2,4-5,11H2,(H2,18,19). The number of amidine groups is 1. The molecule has 0 bridgehead atoms. The molecule has 0 fully saturated rings. The van der Waals surface area contributed by atoms with Crippen molar-refractivity contribution in [1.82, 2.24) is 0 Å². The Labute approximate surface area is 128 Å². The zero-order valence-corrected chi connectivity index (χ0v) is 12.6. The Morgan fingerprint density at radius 1 is 1.14 bits per heavy atom. The van der Waals surface area contributed by atoms with Crippen LogP contribution in [-0.4, -0.2) is 11.0 Å². The van der Waals surface area contributed by atoms with Gasteiger partial charge in [0.25, 0.3) is 0 Å². The fraction of sp³-hybridized carbons (Fsp3) is 0.235. The normalized spacial score (nSPS) is 14.2. The maximum absolute atomic E-state index is 8.73. The average molecular weight is 298 g/mol. The van der Waals surface area contributed by atoms with Gasteiger partial charge in [0, 0.05) is 16.2 Å². The molecule has 2 aromatic carbocycles. The lowest BCUT2D eigenvalue weighted by molar-refractivity contribution is 0.318. The van der Waals surface area contributed by atoms with Crippen LogP contribution in [-0.2, 0) is 18.6 Å². The number of oxime groups is 1. The van der Waals surface area contributed by atoms with Crippen LogP contribution < -0.4 is 5.73 Å². The molecule has 0 spiro atoms. The fourth-order valence-corrected chi connectivity index (χ4v) is 3.59. The van der Waals surface area contributed by atoms with Crippen molar-refractivity contribution in [1.29, 1.82) is 0 Å². The Bertz CT molecular complexity index is 682. The van der Waals surface area contributed by atoms with E-state index in [-0.39, 0.29) is 5.84 Å². The predicted molar refractivity (Wildman–Crippen MR) is 87.0 cm³/mol. The quantitative estimate of drug-likeness (QED) is 0.298. The van der Waals surface area contributed by atoms with Crippen LogP contribution in [0.3, 0.4) is 0 Å². The van der Waals surface area contributed by atoms with Gasteiger partial charge in [-0.15, -0.1) is 11.8 Å². The van der Waals surface area contributed by atoms with Crippen LogP contribution in [0.2, 0.25) is 0 Å². The first-order valence-corrected chi connectivity index (χ1v) is 8.06. The van der Waals surface area contributed by atoms with Crippen molar-refractivity contribution in [2.75, 3.05) is 0 Å². The summed E-state index contributed by atoms with van der Waals surface area (Å²) in [6.45, 7) is 0. The van der Waals surface area contributed by atoms with Crippen molar-refractivity contribution in [2.24, 2.45) is 10.9 Å². The van der Waals surface area contributed by atoms with Gasteiger partial charge in [0.15, 0.2) is 5.84 Å². The number of thioether (sulfide) groups is 1. The summed E-state index contributed by atoms with van der Waals surface area (Å²) in [7, 11) is 0. The van der Waals surface area contributed by atoms with Gasteiger partial charge in [-0.2, -0.15) is 0 Å². The van der Waals surface area contributed by atoms with E-state index in [9.17, 15) is 0 Å². The molecule has 0 aromatic heterocycles. The summed E-state index contributed by atoms with van der Waals surface area (Å²) >= 11 is 1.82. The van der Waals surface area contributed by atoms with E-state index in [0.29, 0.717) is 0 Å². The molecule has 2 aromatic rings. The third-order valence-corrected chi connectivity index (χ3v) is 4.87. The van der Waals surface area contributed by atoms with Gasteiger partial charge in [-0.05, 0) is 54.2 Å². The van der Waals surface area contributed by atoms with Crippen molar-refractivity contribution in [3.8, 4) is 0 Å². The minimum atomic E-state index is 0.152. The van der Waals surface area contributed by atoms with Crippen LogP contribution in [0.1, 0.15) is 28.7 Å². The average Bonchev–Trinajstić information content (AvgIpc) is 3.00. The molecule has 21 heavy (non-hydrogen) atoms. The lowest BCUT2D eigenvalue weighted by atomic mass is 10.1. The summed E-state index contributed by atoms with van der Waals surface area (Å²) in [5.74, 6) is 1.03. The molecular formula is C17H18N2OS. The lowest BCUT2D eigenvalue weighted by Gasteiger charge is -2.06. The molecule has 0 radical (unpaired) electrons. The Kier molecular flexibility index (Phi) is 4.15. The summed E-state index contributed by atoms with van der Waals surface area (Å²) in [5.41, 5.74) is 10.6. The molecule has 0 saturated heterocycles. The third kappa shape index (κ3) is 3.22. The molecule has 4 heteroatoms. The Balaban J connectivity index is 1.70.